The summed E-state index contributed by atoms with van der Waals surface area (Å²) < 4.78 is 1.80. The van der Waals surface area contributed by atoms with E-state index < -0.39 is 18.0 Å². The van der Waals surface area contributed by atoms with E-state index in [1.807, 2.05) is 50.2 Å². The Balaban J connectivity index is 1.79. The molecule has 2 heterocycles. The number of fused-ring (bicyclic) bond motifs is 1. The number of carboxylic acids is 1. The normalized spacial score (nSPS) is 15.2. The van der Waals surface area contributed by atoms with Gasteiger partial charge in [0.1, 0.15) is 6.04 Å². The molecule has 33 heavy (non-hydrogen) atoms. The number of rotatable bonds is 6. The van der Waals surface area contributed by atoms with Crippen LogP contribution in [0.2, 0.25) is 0 Å². The van der Waals surface area contributed by atoms with E-state index in [0.29, 0.717) is 23.5 Å². The average molecular weight is 447 g/mol. The van der Waals surface area contributed by atoms with E-state index in [1.165, 1.54) is 4.90 Å². The highest BCUT2D eigenvalue weighted by molar-refractivity contribution is 6.06. The summed E-state index contributed by atoms with van der Waals surface area (Å²) in [7, 11) is 0. The Labute approximate surface area is 191 Å². The monoisotopic (exact) mass is 446 g/mol. The summed E-state index contributed by atoms with van der Waals surface area (Å²) in [5.74, 6) is -1.10. The lowest BCUT2D eigenvalue weighted by molar-refractivity contribution is -0.142. The molecular weight excluding hydrogens is 420 g/mol. The third-order valence-electron chi connectivity index (χ3n) is 5.62. The lowest BCUT2D eigenvalue weighted by Crippen LogP contribution is -2.53. The molecule has 3 aromatic rings. The van der Waals surface area contributed by atoms with Gasteiger partial charge in [-0.2, -0.15) is 0 Å². The van der Waals surface area contributed by atoms with Crippen LogP contribution in [0.25, 0.3) is 0 Å². The van der Waals surface area contributed by atoms with Gasteiger partial charge in [-0.1, -0.05) is 60.7 Å². The number of hydrogen-bond acceptors (Lipinski definition) is 4. The van der Waals surface area contributed by atoms with Crippen molar-refractivity contribution in [3.8, 4) is 0 Å². The van der Waals surface area contributed by atoms with E-state index in [-0.39, 0.29) is 30.6 Å². The summed E-state index contributed by atoms with van der Waals surface area (Å²) in [5.41, 5.74) is 2.67. The van der Waals surface area contributed by atoms with Gasteiger partial charge in [-0.3, -0.25) is 4.79 Å². The number of nitrogens with one attached hydrogen (secondary N) is 1. The van der Waals surface area contributed by atoms with Crippen LogP contribution in [0, 0.1) is 0 Å². The minimum absolute atomic E-state index is 0.0156. The first-order valence-corrected chi connectivity index (χ1v) is 10.9. The van der Waals surface area contributed by atoms with Crippen molar-refractivity contribution in [2.45, 2.75) is 45.4 Å². The molecule has 0 fully saturated rings. The molecule has 2 amide bonds. The van der Waals surface area contributed by atoms with Crippen LogP contribution in [0.1, 0.15) is 47.0 Å². The summed E-state index contributed by atoms with van der Waals surface area (Å²) in [6.07, 6.45) is 0.0675. The summed E-state index contributed by atoms with van der Waals surface area (Å²) in [6, 6.07) is 16.8. The van der Waals surface area contributed by atoms with E-state index in [2.05, 4.69) is 10.3 Å². The molecule has 0 bridgehead atoms. The molecule has 0 spiro atoms. The number of aromatic nitrogens is 2. The number of carbonyl (C=O) groups excluding carboxylic acids is 2. The van der Waals surface area contributed by atoms with Gasteiger partial charge >= 0.3 is 12.0 Å². The Morgan fingerprint density at radius 2 is 1.70 bits per heavy atom. The van der Waals surface area contributed by atoms with Crippen LogP contribution in [0.15, 0.2) is 60.7 Å². The molecule has 4 rings (SSSR count). The lowest BCUT2D eigenvalue weighted by Gasteiger charge is -2.33. The van der Waals surface area contributed by atoms with Crippen molar-refractivity contribution >= 4 is 17.8 Å². The molecule has 1 aliphatic rings. The molecule has 0 aliphatic carbocycles. The van der Waals surface area contributed by atoms with E-state index in [1.54, 1.807) is 28.8 Å². The van der Waals surface area contributed by atoms with Gasteiger partial charge in [-0.05, 0) is 19.4 Å². The van der Waals surface area contributed by atoms with Gasteiger partial charge in [-0.15, -0.1) is 0 Å². The maximum atomic E-state index is 13.4. The highest BCUT2D eigenvalue weighted by Gasteiger charge is 2.39. The van der Waals surface area contributed by atoms with E-state index >= 15 is 0 Å². The first kappa shape index (κ1) is 22.3. The summed E-state index contributed by atoms with van der Waals surface area (Å²) >= 11 is 0. The molecule has 1 atom stereocenters. The van der Waals surface area contributed by atoms with Crippen LogP contribution in [0.4, 0.5) is 4.79 Å². The van der Waals surface area contributed by atoms with Crippen molar-refractivity contribution in [2.24, 2.45) is 0 Å². The third-order valence-corrected chi connectivity index (χ3v) is 5.62. The second-order valence-corrected chi connectivity index (χ2v) is 8.39. The number of imidazole rings is 1. The summed E-state index contributed by atoms with van der Waals surface area (Å²) in [4.78, 5) is 44.1. The fraction of sp³-hybridized carbons (Fsp3) is 0.280. The largest absolute Gasteiger partial charge is 0.480 e. The second kappa shape index (κ2) is 9.28. The van der Waals surface area contributed by atoms with Gasteiger partial charge in [-0.25, -0.2) is 14.6 Å². The van der Waals surface area contributed by atoms with Crippen molar-refractivity contribution in [3.63, 3.8) is 0 Å². The van der Waals surface area contributed by atoms with E-state index in [4.69, 9.17) is 0 Å². The molecule has 170 valence electrons. The van der Waals surface area contributed by atoms with Crippen molar-refractivity contribution < 1.29 is 19.5 Å². The van der Waals surface area contributed by atoms with Crippen molar-refractivity contribution in [1.29, 1.82) is 0 Å². The molecule has 0 radical (unpaired) electrons. The van der Waals surface area contributed by atoms with Crippen LogP contribution in [-0.2, 0) is 24.3 Å². The fourth-order valence-corrected chi connectivity index (χ4v) is 4.05. The Hall–Kier alpha value is -3.94. The van der Waals surface area contributed by atoms with Crippen molar-refractivity contribution in [1.82, 2.24) is 19.8 Å². The smallest absolute Gasteiger partial charge is 0.326 e. The molecule has 1 aromatic heterocycles. The zero-order valence-corrected chi connectivity index (χ0v) is 18.6. The number of ketones is 1. The SMILES string of the molecule is CC(C)NC(=O)N1Cc2nc(C(=O)c3ccccc3)n(Cc3ccccc3)c2CC1C(=O)O. The van der Waals surface area contributed by atoms with Gasteiger partial charge < -0.3 is 19.9 Å². The number of amides is 2. The number of carboxylic acid groups (broad SMARTS) is 1. The number of nitrogens with zero attached hydrogens (tertiary/aromatic N) is 3. The zero-order chi connectivity index (χ0) is 23.5. The van der Waals surface area contributed by atoms with Gasteiger partial charge in [0.15, 0.2) is 5.82 Å². The molecule has 2 aromatic carbocycles. The first-order valence-electron chi connectivity index (χ1n) is 10.9. The Morgan fingerprint density at radius 1 is 1.06 bits per heavy atom. The highest BCUT2D eigenvalue weighted by atomic mass is 16.4. The molecule has 0 saturated heterocycles. The average Bonchev–Trinajstić information content (AvgIpc) is 3.15. The van der Waals surface area contributed by atoms with Crippen LogP contribution >= 0.6 is 0 Å². The lowest BCUT2D eigenvalue weighted by atomic mass is 10.0. The minimum atomic E-state index is -1.09. The molecule has 2 N–H and O–H groups in total. The van der Waals surface area contributed by atoms with Crippen molar-refractivity contribution in [2.75, 3.05) is 0 Å². The standard InChI is InChI=1S/C25H26N4O4/c1-16(2)26-25(33)29-15-19-20(13-21(29)24(31)32)28(14-17-9-5-3-6-10-17)23(27-19)22(30)18-11-7-4-8-12-18/h3-12,16,21H,13-15H2,1-2H3,(H,26,33)(H,31,32). The Bertz CT molecular complexity index is 1170. The number of aliphatic carboxylic acids is 1. The Morgan fingerprint density at radius 3 is 2.30 bits per heavy atom. The molecular formula is C25H26N4O4. The fourth-order valence-electron chi connectivity index (χ4n) is 4.05. The molecule has 0 saturated carbocycles. The molecule has 8 heteroatoms. The number of benzene rings is 2. The Kier molecular flexibility index (Phi) is 6.26. The quantitative estimate of drug-likeness (QED) is 0.566. The topological polar surface area (TPSA) is 105 Å². The maximum Gasteiger partial charge on any atom is 0.326 e. The predicted octanol–water partition coefficient (Wildman–Crippen LogP) is 3.09. The van der Waals surface area contributed by atoms with E-state index in [9.17, 15) is 19.5 Å². The first-order chi connectivity index (χ1) is 15.8. The molecule has 1 unspecified atom stereocenters. The molecule has 8 nitrogen and oxygen atoms in total. The van der Waals surface area contributed by atoms with E-state index in [0.717, 1.165) is 5.56 Å². The highest BCUT2D eigenvalue weighted by Crippen LogP contribution is 2.27. The molecule has 1 aliphatic heterocycles. The van der Waals surface area contributed by atoms with Gasteiger partial charge in [0.25, 0.3) is 0 Å². The van der Waals surface area contributed by atoms with Gasteiger partial charge in [0.05, 0.1) is 12.2 Å². The number of carbonyl (C=O) groups is 3. The third kappa shape index (κ3) is 4.64. The van der Waals surface area contributed by atoms with Crippen LogP contribution < -0.4 is 5.32 Å². The van der Waals surface area contributed by atoms with Crippen LogP contribution in [-0.4, -0.2) is 49.4 Å². The zero-order valence-electron chi connectivity index (χ0n) is 18.6. The minimum Gasteiger partial charge on any atom is -0.480 e. The number of urea groups is 1. The number of hydrogen-bond donors (Lipinski definition) is 2. The predicted molar refractivity (Wildman–Crippen MR) is 122 cm³/mol. The van der Waals surface area contributed by atoms with Gasteiger partial charge in [0, 0.05) is 30.3 Å². The van der Waals surface area contributed by atoms with Crippen LogP contribution in [0.5, 0.6) is 0 Å². The van der Waals surface area contributed by atoms with Crippen LogP contribution in [0.3, 0.4) is 0 Å². The summed E-state index contributed by atoms with van der Waals surface area (Å²) in [6.45, 7) is 4.02. The summed E-state index contributed by atoms with van der Waals surface area (Å²) in [5, 5.41) is 12.6. The second-order valence-electron chi connectivity index (χ2n) is 8.39. The van der Waals surface area contributed by atoms with Gasteiger partial charge in [0.2, 0.25) is 5.78 Å². The van der Waals surface area contributed by atoms with Crippen molar-refractivity contribution in [3.05, 3.63) is 89.0 Å². The maximum absolute atomic E-state index is 13.4.